The molecule has 1 atom stereocenters. The van der Waals surface area contributed by atoms with Gasteiger partial charge in [0.05, 0.1) is 19.9 Å². The number of nitrogens with one attached hydrogen (secondary N) is 1. The number of nitrogens with zero attached hydrogens (tertiary/aromatic N) is 2. The van der Waals surface area contributed by atoms with Gasteiger partial charge >= 0.3 is 5.97 Å². The largest absolute Gasteiger partial charge is 0.469 e. The molecular formula is C15H19N3O2. The van der Waals surface area contributed by atoms with Gasteiger partial charge in [-0.3, -0.25) is 4.79 Å². The Morgan fingerprint density at radius 2 is 2.15 bits per heavy atom. The van der Waals surface area contributed by atoms with Gasteiger partial charge in [0.2, 0.25) is 0 Å². The van der Waals surface area contributed by atoms with E-state index < -0.39 is 0 Å². The maximum atomic E-state index is 11.0. The molecule has 0 aliphatic rings. The minimum atomic E-state index is -0.194. The highest BCUT2D eigenvalue weighted by molar-refractivity contribution is 5.69. The van der Waals surface area contributed by atoms with Crippen LogP contribution < -0.4 is 5.32 Å². The van der Waals surface area contributed by atoms with Crippen molar-refractivity contribution in [1.82, 2.24) is 14.9 Å². The van der Waals surface area contributed by atoms with Crippen molar-refractivity contribution in [2.75, 3.05) is 13.7 Å². The lowest BCUT2D eigenvalue weighted by Gasteiger charge is -2.14. The van der Waals surface area contributed by atoms with Crippen LogP contribution in [0.5, 0.6) is 0 Å². The zero-order valence-corrected chi connectivity index (χ0v) is 11.7. The van der Waals surface area contributed by atoms with Gasteiger partial charge in [-0.2, -0.15) is 0 Å². The molecule has 0 aliphatic carbocycles. The molecule has 5 heteroatoms. The molecular weight excluding hydrogens is 254 g/mol. The molecule has 1 aromatic carbocycles. The molecule has 0 aliphatic heterocycles. The number of imidazole rings is 1. The highest BCUT2D eigenvalue weighted by Gasteiger charge is 2.06. The van der Waals surface area contributed by atoms with Crippen molar-refractivity contribution in [1.29, 1.82) is 0 Å². The van der Waals surface area contributed by atoms with E-state index in [0.29, 0.717) is 13.0 Å². The molecule has 0 fully saturated rings. The molecule has 2 rings (SSSR count). The van der Waals surface area contributed by atoms with E-state index in [1.165, 1.54) is 12.7 Å². The minimum Gasteiger partial charge on any atom is -0.469 e. The fourth-order valence-electron chi connectivity index (χ4n) is 1.96. The first-order chi connectivity index (χ1) is 9.70. The van der Waals surface area contributed by atoms with Gasteiger partial charge in [0.1, 0.15) is 0 Å². The normalized spacial score (nSPS) is 12.1. The van der Waals surface area contributed by atoms with E-state index in [0.717, 1.165) is 5.69 Å². The van der Waals surface area contributed by atoms with E-state index in [1.54, 1.807) is 12.5 Å². The van der Waals surface area contributed by atoms with Gasteiger partial charge in [-0.25, -0.2) is 4.98 Å². The number of benzene rings is 1. The van der Waals surface area contributed by atoms with E-state index in [2.05, 4.69) is 46.2 Å². The van der Waals surface area contributed by atoms with E-state index >= 15 is 0 Å². The maximum absolute atomic E-state index is 11.0. The van der Waals surface area contributed by atoms with E-state index in [-0.39, 0.29) is 12.0 Å². The summed E-state index contributed by atoms with van der Waals surface area (Å²) >= 11 is 0. The number of ether oxygens (including phenoxy) is 1. The van der Waals surface area contributed by atoms with Crippen LogP contribution in [0.2, 0.25) is 0 Å². The summed E-state index contributed by atoms with van der Waals surface area (Å²) in [5.41, 5.74) is 2.26. The Kier molecular flexibility index (Phi) is 4.90. The standard InChI is InChI=1S/C15H19N3O2/c1-12(17-8-7-15(19)20-2)13-3-5-14(6-4-13)18-10-9-16-11-18/h3-6,9-12,17H,7-8H2,1-2H3. The molecule has 1 unspecified atom stereocenters. The van der Waals surface area contributed by atoms with Crippen LogP contribution in [0.25, 0.3) is 5.69 Å². The summed E-state index contributed by atoms with van der Waals surface area (Å²) in [6.45, 7) is 2.68. The minimum absolute atomic E-state index is 0.191. The summed E-state index contributed by atoms with van der Waals surface area (Å²) < 4.78 is 6.56. The predicted molar refractivity (Wildman–Crippen MR) is 76.6 cm³/mol. The first-order valence-corrected chi connectivity index (χ1v) is 6.59. The van der Waals surface area contributed by atoms with Crippen molar-refractivity contribution in [3.05, 3.63) is 48.5 Å². The Labute approximate surface area is 118 Å². The molecule has 20 heavy (non-hydrogen) atoms. The Balaban J connectivity index is 1.91. The number of hydrogen-bond acceptors (Lipinski definition) is 4. The summed E-state index contributed by atoms with van der Waals surface area (Å²) in [5, 5.41) is 3.30. The van der Waals surface area contributed by atoms with Crippen LogP contribution in [0, 0.1) is 0 Å². The smallest absolute Gasteiger partial charge is 0.306 e. The zero-order chi connectivity index (χ0) is 14.4. The van der Waals surface area contributed by atoms with Crippen molar-refractivity contribution >= 4 is 5.97 Å². The number of rotatable bonds is 6. The molecule has 106 valence electrons. The summed E-state index contributed by atoms with van der Waals surface area (Å²) in [7, 11) is 1.40. The molecule has 0 saturated carbocycles. The zero-order valence-electron chi connectivity index (χ0n) is 11.7. The lowest BCUT2D eigenvalue weighted by molar-refractivity contribution is -0.140. The van der Waals surface area contributed by atoms with Gasteiger partial charge in [-0.05, 0) is 24.6 Å². The lowest BCUT2D eigenvalue weighted by Crippen LogP contribution is -2.22. The van der Waals surface area contributed by atoms with Gasteiger partial charge in [0, 0.05) is 30.7 Å². The van der Waals surface area contributed by atoms with Crippen LogP contribution in [0.15, 0.2) is 43.0 Å². The number of carbonyl (C=O) groups is 1. The first-order valence-electron chi connectivity index (χ1n) is 6.59. The van der Waals surface area contributed by atoms with Crippen molar-refractivity contribution in [3.63, 3.8) is 0 Å². The maximum Gasteiger partial charge on any atom is 0.306 e. The fraction of sp³-hybridized carbons (Fsp3) is 0.333. The van der Waals surface area contributed by atoms with Crippen LogP contribution in [-0.2, 0) is 9.53 Å². The van der Waals surface area contributed by atoms with Crippen molar-refractivity contribution in [2.24, 2.45) is 0 Å². The summed E-state index contributed by atoms with van der Waals surface area (Å²) in [5.74, 6) is -0.194. The van der Waals surface area contributed by atoms with Crippen LogP contribution in [-0.4, -0.2) is 29.2 Å². The van der Waals surface area contributed by atoms with Gasteiger partial charge in [0.15, 0.2) is 0 Å². The Morgan fingerprint density at radius 3 is 2.75 bits per heavy atom. The number of aromatic nitrogens is 2. The topological polar surface area (TPSA) is 56.1 Å². The molecule has 5 nitrogen and oxygen atoms in total. The van der Waals surface area contributed by atoms with Crippen molar-refractivity contribution < 1.29 is 9.53 Å². The van der Waals surface area contributed by atoms with Gasteiger partial charge in [0.25, 0.3) is 0 Å². The average molecular weight is 273 g/mol. The lowest BCUT2D eigenvalue weighted by atomic mass is 10.1. The molecule has 0 saturated heterocycles. The SMILES string of the molecule is COC(=O)CCNC(C)c1ccc(-n2ccnc2)cc1. The van der Waals surface area contributed by atoms with Gasteiger partial charge in [-0.15, -0.1) is 0 Å². The first kappa shape index (κ1) is 14.3. The quantitative estimate of drug-likeness (QED) is 0.819. The highest BCUT2D eigenvalue weighted by atomic mass is 16.5. The van der Waals surface area contributed by atoms with Crippen LogP contribution in [0.1, 0.15) is 24.9 Å². The second-order valence-electron chi connectivity index (χ2n) is 4.56. The third kappa shape index (κ3) is 3.68. The third-order valence-electron chi connectivity index (χ3n) is 3.20. The number of esters is 1. The Hall–Kier alpha value is -2.14. The van der Waals surface area contributed by atoms with Crippen LogP contribution in [0.3, 0.4) is 0 Å². The molecule has 0 amide bonds. The highest BCUT2D eigenvalue weighted by Crippen LogP contribution is 2.15. The summed E-state index contributed by atoms with van der Waals surface area (Å²) in [6.07, 6.45) is 5.82. The summed E-state index contributed by atoms with van der Waals surface area (Å²) in [6, 6.07) is 8.44. The monoisotopic (exact) mass is 273 g/mol. The average Bonchev–Trinajstić information content (AvgIpc) is 3.01. The second-order valence-corrected chi connectivity index (χ2v) is 4.56. The van der Waals surface area contributed by atoms with Gasteiger partial charge in [-0.1, -0.05) is 12.1 Å². The predicted octanol–water partition coefficient (Wildman–Crippen LogP) is 2.09. The molecule has 2 aromatic rings. The molecule has 0 radical (unpaired) electrons. The molecule has 0 spiro atoms. The van der Waals surface area contributed by atoms with Crippen LogP contribution in [0.4, 0.5) is 0 Å². The number of methoxy groups -OCH3 is 1. The molecule has 0 bridgehead atoms. The second kappa shape index (κ2) is 6.86. The Bertz CT molecular complexity index is 535. The molecule has 1 N–H and O–H groups in total. The van der Waals surface area contributed by atoms with E-state index in [4.69, 9.17) is 0 Å². The van der Waals surface area contributed by atoms with Crippen molar-refractivity contribution in [2.45, 2.75) is 19.4 Å². The molecule has 1 aromatic heterocycles. The Morgan fingerprint density at radius 1 is 1.40 bits per heavy atom. The van der Waals surface area contributed by atoms with E-state index in [9.17, 15) is 4.79 Å². The third-order valence-corrected chi connectivity index (χ3v) is 3.20. The number of carbonyl (C=O) groups excluding carboxylic acids is 1. The van der Waals surface area contributed by atoms with Crippen molar-refractivity contribution in [3.8, 4) is 5.69 Å². The van der Waals surface area contributed by atoms with E-state index in [1.807, 2.05) is 10.8 Å². The van der Waals surface area contributed by atoms with Crippen LogP contribution >= 0.6 is 0 Å². The number of hydrogen-bond donors (Lipinski definition) is 1. The molecule has 1 heterocycles. The van der Waals surface area contributed by atoms with Gasteiger partial charge < -0.3 is 14.6 Å². The fourth-order valence-corrected chi connectivity index (χ4v) is 1.96. The summed E-state index contributed by atoms with van der Waals surface area (Å²) in [4.78, 5) is 15.1.